The van der Waals surface area contributed by atoms with Gasteiger partial charge in [-0.2, -0.15) is 0 Å². The Morgan fingerprint density at radius 2 is 1.82 bits per heavy atom. The van der Waals surface area contributed by atoms with Crippen molar-refractivity contribution in [3.05, 3.63) is 106 Å². The van der Waals surface area contributed by atoms with E-state index < -0.39 is 11.5 Å². The summed E-state index contributed by atoms with van der Waals surface area (Å²) in [6.07, 6.45) is 0.788. The summed E-state index contributed by atoms with van der Waals surface area (Å²) in [6, 6.07) is 23.7. The average molecular weight is 535 g/mol. The quantitative estimate of drug-likeness (QED) is 0.299. The van der Waals surface area contributed by atoms with Gasteiger partial charge in [-0.15, -0.1) is 0 Å². The van der Waals surface area contributed by atoms with Crippen molar-refractivity contribution in [2.24, 2.45) is 0 Å². The molecule has 4 aromatic rings. The molecule has 0 saturated carbocycles. The zero-order valence-electron chi connectivity index (χ0n) is 21.5. The van der Waals surface area contributed by atoms with Gasteiger partial charge in [0.05, 0.1) is 24.8 Å². The summed E-state index contributed by atoms with van der Waals surface area (Å²) in [6.45, 7) is 2.62. The lowest BCUT2D eigenvalue weighted by atomic mass is 9.70. The van der Waals surface area contributed by atoms with Crippen LogP contribution in [-0.2, 0) is 0 Å². The maximum Gasteiger partial charge on any atom is 0.217 e. The van der Waals surface area contributed by atoms with Crippen LogP contribution in [0, 0.1) is 5.82 Å². The van der Waals surface area contributed by atoms with Gasteiger partial charge < -0.3 is 14.9 Å². The van der Waals surface area contributed by atoms with Gasteiger partial charge in [0.1, 0.15) is 5.82 Å². The van der Waals surface area contributed by atoms with Crippen molar-refractivity contribution in [2.45, 2.75) is 43.4 Å². The van der Waals surface area contributed by atoms with Crippen LogP contribution in [0.3, 0.4) is 0 Å². The molecule has 3 aromatic carbocycles. The summed E-state index contributed by atoms with van der Waals surface area (Å²) in [4.78, 5) is 6.92. The van der Waals surface area contributed by atoms with Crippen molar-refractivity contribution in [2.75, 3.05) is 20.3 Å². The Labute approximate surface area is 227 Å². The zero-order chi connectivity index (χ0) is 26.9. The molecule has 0 spiro atoms. The van der Waals surface area contributed by atoms with E-state index >= 15 is 0 Å². The van der Waals surface area contributed by atoms with E-state index in [0.29, 0.717) is 46.8 Å². The third kappa shape index (κ3) is 5.14. The summed E-state index contributed by atoms with van der Waals surface area (Å²) >= 11 is 6.21. The number of halogens is 2. The predicted molar refractivity (Wildman–Crippen MR) is 148 cm³/mol. The van der Waals surface area contributed by atoms with Crippen molar-refractivity contribution in [3.63, 3.8) is 0 Å². The van der Waals surface area contributed by atoms with E-state index in [0.717, 1.165) is 11.1 Å². The number of ether oxygens (including phenoxy) is 1. The molecule has 1 aromatic heterocycles. The number of pyridine rings is 1. The monoisotopic (exact) mass is 534 g/mol. The lowest BCUT2D eigenvalue weighted by molar-refractivity contribution is -0.0790. The first-order chi connectivity index (χ1) is 18.3. The second-order valence-corrected chi connectivity index (χ2v) is 10.6. The SMILES string of the molecule is COc1nc2ccc(F)cc2cc1C(c1ccc(Cl)cc1)C1(O)CCN([C@@H](C)c2ccccc2)C(CO)C1. The smallest absolute Gasteiger partial charge is 0.217 e. The average Bonchev–Trinajstić information content (AvgIpc) is 2.93. The Kier molecular flexibility index (Phi) is 7.68. The minimum Gasteiger partial charge on any atom is -0.481 e. The predicted octanol–water partition coefficient (Wildman–Crippen LogP) is 6.12. The van der Waals surface area contributed by atoms with E-state index in [4.69, 9.17) is 16.3 Å². The van der Waals surface area contributed by atoms with E-state index in [1.807, 2.05) is 36.4 Å². The van der Waals surface area contributed by atoms with Crippen molar-refractivity contribution < 1.29 is 19.3 Å². The van der Waals surface area contributed by atoms with Crippen LogP contribution in [0.25, 0.3) is 10.9 Å². The summed E-state index contributed by atoms with van der Waals surface area (Å²) in [5.74, 6) is -0.531. The molecule has 5 nitrogen and oxygen atoms in total. The Morgan fingerprint density at radius 3 is 2.50 bits per heavy atom. The molecule has 2 heterocycles. The first kappa shape index (κ1) is 26.6. The Balaban J connectivity index is 1.59. The van der Waals surface area contributed by atoms with Crippen molar-refractivity contribution in [3.8, 4) is 5.88 Å². The molecule has 0 aliphatic carbocycles. The Bertz CT molecular complexity index is 1400. The first-order valence-corrected chi connectivity index (χ1v) is 13.2. The van der Waals surface area contributed by atoms with E-state index in [1.54, 1.807) is 25.3 Å². The maximum atomic E-state index is 14.1. The summed E-state index contributed by atoms with van der Waals surface area (Å²) in [5.41, 5.74) is 2.04. The number of benzene rings is 3. The largest absolute Gasteiger partial charge is 0.481 e. The van der Waals surface area contributed by atoms with Crippen LogP contribution < -0.4 is 4.74 Å². The number of aromatic nitrogens is 1. The van der Waals surface area contributed by atoms with Crippen LogP contribution in [0.5, 0.6) is 5.88 Å². The Hall–Kier alpha value is -3.03. The molecule has 2 N–H and O–H groups in total. The van der Waals surface area contributed by atoms with Gasteiger partial charge in [0.15, 0.2) is 0 Å². The van der Waals surface area contributed by atoms with Crippen molar-refractivity contribution in [1.29, 1.82) is 0 Å². The van der Waals surface area contributed by atoms with Crippen molar-refractivity contribution in [1.82, 2.24) is 9.88 Å². The van der Waals surface area contributed by atoms with Gasteiger partial charge >= 0.3 is 0 Å². The molecular weight excluding hydrogens is 503 g/mol. The van der Waals surface area contributed by atoms with Gasteiger partial charge in [0.2, 0.25) is 5.88 Å². The number of hydrogen-bond donors (Lipinski definition) is 2. The first-order valence-electron chi connectivity index (χ1n) is 12.9. The molecule has 5 rings (SSSR count). The minimum absolute atomic E-state index is 0.0757. The molecule has 0 amide bonds. The third-order valence-corrected chi connectivity index (χ3v) is 8.12. The maximum absolute atomic E-state index is 14.1. The molecule has 38 heavy (non-hydrogen) atoms. The highest BCUT2D eigenvalue weighted by Crippen LogP contribution is 2.47. The minimum atomic E-state index is -1.23. The molecule has 0 bridgehead atoms. The Morgan fingerprint density at radius 1 is 1.08 bits per heavy atom. The van der Waals surface area contributed by atoms with Gasteiger partial charge in [-0.25, -0.2) is 9.37 Å². The van der Waals surface area contributed by atoms with E-state index in [2.05, 4.69) is 28.9 Å². The van der Waals surface area contributed by atoms with Crippen molar-refractivity contribution >= 4 is 22.5 Å². The summed E-state index contributed by atoms with van der Waals surface area (Å²) in [5, 5.41) is 24.1. The number of rotatable bonds is 7. The molecule has 4 atom stereocenters. The summed E-state index contributed by atoms with van der Waals surface area (Å²) in [7, 11) is 1.55. The number of hydrogen-bond acceptors (Lipinski definition) is 5. The van der Waals surface area contributed by atoms with Crippen LogP contribution in [0.15, 0.2) is 78.9 Å². The van der Waals surface area contributed by atoms with Gasteiger partial charge in [-0.05, 0) is 67.3 Å². The molecule has 1 aliphatic rings. The number of aliphatic hydroxyl groups excluding tert-OH is 1. The lowest BCUT2D eigenvalue weighted by Gasteiger charge is -2.49. The molecule has 1 fully saturated rings. The molecule has 7 heteroatoms. The molecule has 3 unspecified atom stereocenters. The topological polar surface area (TPSA) is 65.8 Å². The zero-order valence-corrected chi connectivity index (χ0v) is 22.3. The van der Waals surface area contributed by atoms with Crippen LogP contribution in [0.2, 0.25) is 5.02 Å². The normalized spacial score (nSPS) is 21.8. The summed E-state index contributed by atoms with van der Waals surface area (Å²) < 4.78 is 19.9. The second kappa shape index (κ2) is 11.0. The van der Waals surface area contributed by atoms with Crippen LogP contribution in [0.1, 0.15) is 48.4 Å². The fraction of sp³-hybridized carbons (Fsp3) is 0.323. The van der Waals surface area contributed by atoms with Gasteiger partial charge in [-0.1, -0.05) is 54.1 Å². The molecule has 1 aliphatic heterocycles. The number of nitrogens with zero attached hydrogens (tertiary/aromatic N) is 2. The fourth-order valence-electron chi connectivity index (χ4n) is 5.95. The second-order valence-electron chi connectivity index (χ2n) is 10.1. The van der Waals surface area contributed by atoms with E-state index in [-0.39, 0.29) is 24.5 Å². The van der Waals surface area contributed by atoms with E-state index in [1.165, 1.54) is 12.1 Å². The van der Waals surface area contributed by atoms with E-state index in [9.17, 15) is 14.6 Å². The van der Waals surface area contributed by atoms with Crippen LogP contribution in [-0.4, -0.2) is 52.0 Å². The molecule has 1 saturated heterocycles. The lowest BCUT2D eigenvalue weighted by Crippen LogP contribution is -2.55. The number of aliphatic hydroxyl groups is 2. The molecule has 198 valence electrons. The number of methoxy groups -OCH3 is 1. The fourth-order valence-corrected chi connectivity index (χ4v) is 6.07. The number of likely N-dealkylation sites (tertiary alicyclic amines) is 1. The molecule has 0 radical (unpaired) electrons. The number of piperidine rings is 1. The van der Waals surface area contributed by atoms with Crippen LogP contribution >= 0.6 is 11.6 Å². The van der Waals surface area contributed by atoms with Gasteiger partial charge in [-0.3, -0.25) is 4.90 Å². The van der Waals surface area contributed by atoms with Crippen LogP contribution in [0.4, 0.5) is 4.39 Å². The molecular formula is C31H32ClFN2O3. The van der Waals surface area contributed by atoms with Gasteiger partial charge in [0, 0.05) is 40.5 Å². The third-order valence-electron chi connectivity index (χ3n) is 7.87. The highest BCUT2D eigenvalue weighted by Gasteiger charge is 2.47. The highest BCUT2D eigenvalue weighted by molar-refractivity contribution is 6.30. The van der Waals surface area contributed by atoms with Gasteiger partial charge in [0.25, 0.3) is 0 Å². The number of fused-ring (bicyclic) bond motifs is 1. The standard InChI is InChI=1S/C31H32ClFN2O3/c1-20(21-6-4-3-5-7-21)35-15-14-31(37,18-26(35)19-36)29(22-8-10-24(32)11-9-22)27-17-23-16-25(33)12-13-28(23)34-30(27)38-2/h3-13,16-17,20,26,29,36-37H,14-15,18-19H2,1-2H3/t20-,26?,29?,31?/m0/s1. The highest BCUT2D eigenvalue weighted by atomic mass is 35.5.